The second kappa shape index (κ2) is 10.2. The van der Waals surface area contributed by atoms with Crippen molar-refractivity contribution in [2.24, 2.45) is 0 Å². The first-order valence-corrected chi connectivity index (χ1v) is 13.6. The second-order valence-corrected chi connectivity index (χ2v) is 10.7. The zero-order valence-corrected chi connectivity index (χ0v) is 22.2. The van der Waals surface area contributed by atoms with Crippen LogP contribution in [-0.4, -0.2) is 47.0 Å². The number of benzene rings is 2. The van der Waals surface area contributed by atoms with E-state index >= 15 is 0 Å². The molecule has 38 heavy (non-hydrogen) atoms. The summed E-state index contributed by atoms with van der Waals surface area (Å²) in [5.41, 5.74) is 2.72. The molecule has 0 radical (unpaired) electrons. The molecule has 2 N–H and O–H groups in total. The maximum atomic E-state index is 13.3. The van der Waals surface area contributed by atoms with Crippen molar-refractivity contribution in [1.82, 2.24) is 14.9 Å². The highest BCUT2D eigenvalue weighted by Gasteiger charge is 2.35. The zero-order chi connectivity index (χ0) is 26.2. The van der Waals surface area contributed by atoms with Crippen molar-refractivity contribution < 1.29 is 14.3 Å². The molecule has 9 nitrogen and oxygen atoms in total. The van der Waals surface area contributed by atoms with Gasteiger partial charge in [0.15, 0.2) is 5.82 Å². The first-order valence-electron chi connectivity index (χ1n) is 12.4. The van der Waals surface area contributed by atoms with Crippen molar-refractivity contribution >= 4 is 68.0 Å². The van der Waals surface area contributed by atoms with E-state index in [4.69, 9.17) is 16.3 Å². The zero-order valence-electron chi connectivity index (χ0n) is 20.7. The smallest absolute Gasteiger partial charge is 0.332 e. The van der Waals surface area contributed by atoms with Crippen molar-refractivity contribution in [1.29, 1.82) is 0 Å². The van der Waals surface area contributed by atoms with Crippen LogP contribution in [0.5, 0.6) is 5.75 Å². The molecule has 2 aliphatic heterocycles. The van der Waals surface area contributed by atoms with Crippen LogP contribution in [0.4, 0.5) is 27.7 Å². The Morgan fingerprint density at radius 2 is 1.92 bits per heavy atom. The van der Waals surface area contributed by atoms with Gasteiger partial charge < -0.3 is 15.4 Å². The number of nitrogens with one attached hydrogen (secondary N) is 2. The summed E-state index contributed by atoms with van der Waals surface area (Å²) in [5.74, 6) is 0.482. The van der Waals surface area contributed by atoms with Gasteiger partial charge in [-0.1, -0.05) is 30.2 Å². The van der Waals surface area contributed by atoms with Crippen LogP contribution in [0.1, 0.15) is 34.5 Å². The Labute approximate surface area is 228 Å². The lowest BCUT2D eigenvalue weighted by atomic mass is 10.1. The fraction of sp³-hybridized carbons (Fsp3) is 0.259. The highest BCUT2D eigenvalue weighted by atomic mass is 35.5. The summed E-state index contributed by atoms with van der Waals surface area (Å²) >= 11 is 7.43. The van der Waals surface area contributed by atoms with Crippen molar-refractivity contribution in [3.05, 3.63) is 64.3 Å². The first kappa shape index (κ1) is 24.6. The lowest BCUT2D eigenvalue weighted by Crippen LogP contribution is -2.35. The lowest BCUT2D eigenvalue weighted by molar-refractivity contribution is 0.103. The Morgan fingerprint density at radius 1 is 1.13 bits per heavy atom. The predicted molar refractivity (Wildman–Crippen MR) is 150 cm³/mol. The van der Waals surface area contributed by atoms with Crippen LogP contribution in [-0.2, 0) is 6.54 Å². The van der Waals surface area contributed by atoms with Gasteiger partial charge in [0.25, 0.3) is 5.91 Å². The number of nitrogens with zero attached hydrogens (tertiary/aromatic N) is 4. The van der Waals surface area contributed by atoms with E-state index in [2.05, 4.69) is 25.5 Å². The number of halogens is 1. The number of carbonyl (C=O) groups is 2. The number of likely N-dealkylation sites (tertiary alicyclic amines) is 1. The number of amides is 3. The molecule has 194 valence electrons. The number of hydrogen-bond donors (Lipinski definition) is 2. The highest BCUT2D eigenvalue weighted by Crippen LogP contribution is 2.46. The molecule has 1 fully saturated rings. The molecule has 6 rings (SSSR count). The van der Waals surface area contributed by atoms with Crippen LogP contribution in [0.25, 0.3) is 10.2 Å². The average Bonchev–Trinajstić information content (AvgIpc) is 3.30. The normalized spacial score (nSPS) is 15.4. The number of aromatic nitrogens is 2. The largest absolute Gasteiger partial charge is 0.495 e. The fourth-order valence-corrected chi connectivity index (χ4v) is 6.10. The molecule has 0 spiro atoms. The van der Waals surface area contributed by atoms with Crippen LogP contribution in [0.2, 0.25) is 5.02 Å². The first-order chi connectivity index (χ1) is 18.5. The van der Waals surface area contributed by atoms with Crippen molar-refractivity contribution in [2.45, 2.75) is 25.8 Å². The average molecular weight is 549 g/mol. The maximum absolute atomic E-state index is 13.3. The van der Waals surface area contributed by atoms with Gasteiger partial charge in [-0.15, -0.1) is 11.3 Å². The molecule has 4 aromatic rings. The van der Waals surface area contributed by atoms with Gasteiger partial charge in [-0.05, 0) is 61.8 Å². The Bertz CT molecular complexity index is 1530. The van der Waals surface area contributed by atoms with Gasteiger partial charge in [-0.2, -0.15) is 0 Å². The number of hydrogen-bond acceptors (Lipinski definition) is 7. The summed E-state index contributed by atoms with van der Waals surface area (Å²) in [7, 11) is 1.52. The third kappa shape index (κ3) is 4.55. The van der Waals surface area contributed by atoms with Gasteiger partial charge in [-0.25, -0.2) is 19.7 Å². The van der Waals surface area contributed by atoms with Gasteiger partial charge in [-0.3, -0.25) is 9.69 Å². The summed E-state index contributed by atoms with van der Waals surface area (Å²) in [4.78, 5) is 40.2. The number of anilines is 4. The SMILES string of the molecule is COc1ccc(Cl)cc1N1C(=O)Nc2c(C(=O)Nc3ccc(CN4CCCCC4)cc3)sc3ncnc1c23. The van der Waals surface area contributed by atoms with E-state index in [0.717, 1.165) is 19.6 Å². The molecule has 4 heterocycles. The molecular formula is C27H25ClN6O3S. The molecule has 3 amide bonds. The molecule has 2 aromatic heterocycles. The molecule has 11 heteroatoms. The molecule has 2 aromatic carbocycles. The Hall–Kier alpha value is -3.73. The van der Waals surface area contributed by atoms with Crippen LogP contribution in [0.3, 0.4) is 0 Å². The molecule has 0 unspecified atom stereocenters. The van der Waals surface area contributed by atoms with E-state index in [0.29, 0.717) is 48.7 Å². The quantitative estimate of drug-likeness (QED) is 0.294. The fourth-order valence-electron chi connectivity index (χ4n) is 4.94. The minimum atomic E-state index is -0.479. The van der Waals surface area contributed by atoms with Gasteiger partial charge in [0.1, 0.15) is 21.8 Å². The van der Waals surface area contributed by atoms with E-state index in [9.17, 15) is 9.59 Å². The number of rotatable bonds is 6. The van der Waals surface area contributed by atoms with Crippen LogP contribution in [0.15, 0.2) is 48.8 Å². The monoisotopic (exact) mass is 548 g/mol. The van der Waals surface area contributed by atoms with E-state index in [1.807, 2.05) is 24.3 Å². The van der Waals surface area contributed by atoms with Crippen molar-refractivity contribution in [3.63, 3.8) is 0 Å². The summed E-state index contributed by atoms with van der Waals surface area (Å²) in [6.45, 7) is 3.17. The van der Waals surface area contributed by atoms with Crippen LogP contribution >= 0.6 is 22.9 Å². The Kier molecular flexibility index (Phi) is 6.61. The standard InChI is InChI=1S/C27H25ClN6O3S/c1-37-20-10-7-17(28)13-19(20)34-24-21-22(32-27(34)36)23(38-26(21)30-15-29-24)25(35)31-18-8-5-16(6-9-18)14-33-11-3-2-4-12-33/h5-10,13,15H,2-4,11-12,14H2,1H3,(H,31,35)(H,32,36). The number of piperidine rings is 1. The molecule has 1 saturated heterocycles. The number of methoxy groups -OCH3 is 1. The lowest BCUT2D eigenvalue weighted by Gasteiger charge is -2.28. The summed E-state index contributed by atoms with van der Waals surface area (Å²) < 4.78 is 5.46. The third-order valence-electron chi connectivity index (χ3n) is 6.77. The van der Waals surface area contributed by atoms with Crippen LogP contribution in [0, 0.1) is 0 Å². The van der Waals surface area contributed by atoms with Gasteiger partial charge >= 0.3 is 6.03 Å². The van der Waals surface area contributed by atoms with Crippen molar-refractivity contribution in [2.75, 3.05) is 35.7 Å². The van der Waals surface area contributed by atoms with Crippen LogP contribution < -0.4 is 20.3 Å². The predicted octanol–water partition coefficient (Wildman–Crippen LogP) is 6.28. The van der Waals surface area contributed by atoms with E-state index in [-0.39, 0.29) is 5.91 Å². The number of thiophene rings is 1. The number of urea groups is 1. The summed E-state index contributed by atoms with van der Waals surface area (Å²) in [6.07, 6.45) is 5.18. The molecule has 0 saturated carbocycles. The minimum absolute atomic E-state index is 0.327. The third-order valence-corrected chi connectivity index (χ3v) is 8.10. The minimum Gasteiger partial charge on any atom is -0.495 e. The molecule has 0 atom stereocenters. The topological polar surface area (TPSA) is 99.7 Å². The number of ether oxygens (including phenoxy) is 1. The van der Waals surface area contributed by atoms with Gasteiger partial charge in [0.05, 0.1) is 23.9 Å². The maximum Gasteiger partial charge on any atom is 0.332 e. The van der Waals surface area contributed by atoms with E-state index in [1.54, 1.807) is 18.2 Å². The Balaban J connectivity index is 1.29. The van der Waals surface area contributed by atoms with E-state index in [1.165, 1.54) is 54.5 Å². The second-order valence-electron chi connectivity index (χ2n) is 9.25. The molecular weight excluding hydrogens is 524 g/mol. The van der Waals surface area contributed by atoms with E-state index < -0.39 is 6.03 Å². The van der Waals surface area contributed by atoms with Gasteiger partial charge in [0.2, 0.25) is 0 Å². The molecule has 0 aliphatic carbocycles. The Morgan fingerprint density at radius 3 is 2.68 bits per heavy atom. The number of carbonyl (C=O) groups excluding carboxylic acids is 2. The molecule has 2 aliphatic rings. The molecule has 0 bridgehead atoms. The summed E-state index contributed by atoms with van der Waals surface area (Å²) in [5, 5.41) is 6.85. The highest BCUT2D eigenvalue weighted by molar-refractivity contribution is 7.21. The van der Waals surface area contributed by atoms with Crippen molar-refractivity contribution in [3.8, 4) is 5.75 Å². The summed E-state index contributed by atoms with van der Waals surface area (Å²) in [6, 6.07) is 12.4. The van der Waals surface area contributed by atoms with Gasteiger partial charge in [0, 0.05) is 17.3 Å².